The zero-order chi connectivity index (χ0) is 9.68. The number of pyridine rings is 1. The highest BCUT2D eigenvalue weighted by Crippen LogP contribution is 2.20. The van der Waals surface area contributed by atoms with E-state index in [1.165, 1.54) is 0 Å². The van der Waals surface area contributed by atoms with Crippen LogP contribution in [0, 0.1) is 0 Å². The maximum Gasteiger partial charge on any atom is 0.0661 e. The van der Waals surface area contributed by atoms with Gasteiger partial charge in [-0.15, -0.1) is 0 Å². The molecule has 1 aromatic heterocycles. The molecule has 1 rings (SSSR count). The van der Waals surface area contributed by atoms with Gasteiger partial charge in [-0.25, -0.2) is 0 Å². The molecular weight excluding hydrogens is 232 g/mol. The minimum atomic E-state index is 0.295. The van der Waals surface area contributed by atoms with E-state index < -0.39 is 0 Å². The lowest BCUT2D eigenvalue weighted by atomic mass is 10.3. The van der Waals surface area contributed by atoms with Crippen LogP contribution in [-0.4, -0.2) is 24.7 Å². The van der Waals surface area contributed by atoms with Gasteiger partial charge >= 0.3 is 0 Å². The summed E-state index contributed by atoms with van der Waals surface area (Å²) in [6, 6.07) is 2.22. The fourth-order valence-corrected chi connectivity index (χ4v) is 1.41. The number of anilines is 1. The minimum Gasteiger partial charge on any atom is -0.383 e. The third kappa shape index (κ3) is 3.32. The number of aromatic nitrogens is 1. The molecule has 0 bridgehead atoms. The van der Waals surface area contributed by atoms with Gasteiger partial charge in [0.2, 0.25) is 0 Å². The zero-order valence-electron chi connectivity index (χ0n) is 7.75. The Balaban J connectivity index is 2.58. The standard InChI is InChI=1S/C9H13BrN2O/c1-7(6-13-2)12-9-3-4-11-5-8(9)10/h3-5,7H,6H2,1-2H3,(H,11,12)/t7-/m1/s1. The number of halogens is 1. The van der Waals surface area contributed by atoms with Crippen molar-refractivity contribution in [2.75, 3.05) is 19.0 Å². The second-order valence-corrected chi connectivity index (χ2v) is 3.71. The van der Waals surface area contributed by atoms with Crippen LogP contribution in [-0.2, 0) is 4.74 Å². The van der Waals surface area contributed by atoms with E-state index in [0.29, 0.717) is 12.6 Å². The molecule has 1 heterocycles. The maximum absolute atomic E-state index is 5.02. The van der Waals surface area contributed by atoms with Gasteiger partial charge in [0, 0.05) is 25.5 Å². The van der Waals surface area contributed by atoms with Crippen molar-refractivity contribution in [2.45, 2.75) is 13.0 Å². The number of methoxy groups -OCH3 is 1. The monoisotopic (exact) mass is 244 g/mol. The van der Waals surface area contributed by atoms with Gasteiger partial charge in [-0.3, -0.25) is 4.98 Å². The van der Waals surface area contributed by atoms with Crippen LogP contribution in [0.2, 0.25) is 0 Å². The molecule has 72 valence electrons. The van der Waals surface area contributed by atoms with Gasteiger partial charge in [-0.2, -0.15) is 0 Å². The first-order chi connectivity index (χ1) is 6.24. The van der Waals surface area contributed by atoms with Crippen molar-refractivity contribution in [2.24, 2.45) is 0 Å². The third-order valence-electron chi connectivity index (χ3n) is 1.59. The summed E-state index contributed by atoms with van der Waals surface area (Å²) in [4.78, 5) is 3.98. The van der Waals surface area contributed by atoms with Crippen molar-refractivity contribution in [3.8, 4) is 0 Å². The van der Waals surface area contributed by atoms with Crippen LogP contribution in [0.3, 0.4) is 0 Å². The molecule has 3 nitrogen and oxygen atoms in total. The third-order valence-corrected chi connectivity index (χ3v) is 2.22. The largest absolute Gasteiger partial charge is 0.383 e. The average Bonchev–Trinajstić information content (AvgIpc) is 2.09. The normalized spacial score (nSPS) is 12.5. The molecule has 0 aliphatic carbocycles. The molecule has 0 aliphatic heterocycles. The number of nitrogens with zero attached hydrogens (tertiary/aromatic N) is 1. The summed E-state index contributed by atoms with van der Waals surface area (Å²) in [7, 11) is 1.69. The molecule has 1 aromatic rings. The molecule has 0 aromatic carbocycles. The first-order valence-electron chi connectivity index (χ1n) is 4.09. The number of rotatable bonds is 4. The Hall–Kier alpha value is -0.610. The van der Waals surface area contributed by atoms with Gasteiger partial charge in [-0.1, -0.05) is 0 Å². The topological polar surface area (TPSA) is 34.1 Å². The molecule has 1 atom stereocenters. The molecule has 0 unspecified atom stereocenters. The van der Waals surface area contributed by atoms with Crippen LogP contribution >= 0.6 is 15.9 Å². The van der Waals surface area contributed by atoms with Crippen LogP contribution in [0.15, 0.2) is 22.9 Å². The van der Waals surface area contributed by atoms with Crippen molar-refractivity contribution in [3.63, 3.8) is 0 Å². The van der Waals surface area contributed by atoms with Crippen LogP contribution in [0.1, 0.15) is 6.92 Å². The molecular formula is C9H13BrN2O. The van der Waals surface area contributed by atoms with Crippen LogP contribution in [0.25, 0.3) is 0 Å². The SMILES string of the molecule is COC[C@@H](C)Nc1ccncc1Br. The summed E-state index contributed by atoms with van der Waals surface area (Å²) in [5.41, 5.74) is 1.04. The van der Waals surface area contributed by atoms with Crippen molar-refractivity contribution >= 4 is 21.6 Å². The Bertz CT molecular complexity index is 268. The maximum atomic E-state index is 5.02. The van der Waals surface area contributed by atoms with E-state index in [0.717, 1.165) is 10.2 Å². The summed E-state index contributed by atoms with van der Waals surface area (Å²) < 4.78 is 5.99. The lowest BCUT2D eigenvalue weighted by molar-refractivity contribution is 0.190. The number of hydrogen-bond donors (Lipinski definition) is 1. The van der Waals surface area contributed by atoms with E-state index in [1.54, 1.807) is 19.5 Å². The minimum absolute atomic E-state index is 0.295. The van der Waals surface area contributed by atoms with E-state index in [1.807, 2.05) is 6.07 Å². The molecule has 0 aliphatic rings. The summed E-state index contributed by atoms with van der Waals surface area (Å²) in [5, 5.41) is 3.30. The van der Waals surface area contributed by atoms with Crippen molar-refractivity contribution in [1.29, 1.82) is 0 Å². The predicted octanol–water partition coefficient (Wildman–Crippen LogP) is 2.29. The van der Waals surface area contributed by atoms with E-state index in [4.69, 9.17) is 4.74 Å². The first-order valence-corrected chi connectivity index (χ1v) is 4.88. The Kier molecular flexibility index (Phi) is 4.18. The van der Waals surface area contributed by atoms with Crippen LogP contribution in [0.4, 0.5) is 5.69 Å². The number of nitrogens with one attached hydrogen (secondary N) is 1. The Morgan fingerprint density at radius 1 is 1.69 bits per heavy atom. The first kappa shape index (κ1) is 10.5. The van der Waals surface area contributed by atoms with Crippen molar-refractivity contribution < 1.29 is 4.74 Å². The smallest absolute Gasteiger partial charge is 0.0661 e. The molecule has 13 heavy (non-hydrogen) atoms. The lowest BCUT2D eigenvalue weighted by Crippen LogP contribution is -2.20. The molecule has 4 heteroatoms. The van der Waals surface area contributed by atoms with Gasteiger partial charge in [0.1, 0.15) is 0 Å². The van der Waals surface area contributed by atoms with Crippen molar-refractivity contribution in [1.82, 2.24) is 4.98 Å². The highest BCUT2D eigenvalue weighted by atomic mass is 79.9. The fourth-order valence-electron chi connectivity index (χ4n) is 1.05. The van der Waals surface area contributed by atoms with Crippen LogP contribution in [0.5, 0.6) is 0 Å². The van der Waals surface area contributed by atoms with Gasteiger partial charge in [0.05, 0.1) is 16.8 Å². The molecule has 1 N–H and O–H groups in total. The van der Waals surface area contributed by atoms with E-state index in [-0.39, 0.29) is 0 Å². The van der Waals surface area contributed by atoms with E-state index >= 15 is 0 Å². The molecule has 0 saturated heterocycles. The molecule has 0 radical (unpaired) electrons. The highest BCUT2D eigenvalue weighted by molar-refractivity contribution is 9.10. The Morgan fingerprint density at radius 2 is 2.46 bits per heavy atom. The molecule has 0 spiro atoms. The fraction of sp³-hybridized carbons (Fsp3) is 0.444. The van der Waals surface area contributed by atoms with Gasteiger partial charge in [0.15, 0.2) is 0 Å². The zero-order valence-corrected chi connectivity index (χ0v) is 9.34. The Morgan fingerprint density at radius 3 is 3.08 bits per heavy atom. The van der Waals surface area contributed by atoms with Gasteiger partial charge in [0.25, 0.3) is 0 Å². The molecule has 0 saturated carbocycles. The lowest BCUT2D eigenvalue weighted by Gasteiger charge is -2.14. The summed E-state index contributed by atoms with van der Waals surface area (Å²) >= 11 is 3.41. The molecule has 0 fully saturated rings. The highest BCUT2D eigenvalue weighted by Gasteiger charge is 2.03. The predicted molar refractivity (Wildman–Crippen MR) is 56.9 cm³/mol. The second-order valence-electron chi connectivity index (χ2n) is 2.86. The van der Waals surface area contributed by atoms with E-state index in [9.17, 15) is 0 Å². The van der Waals surface area contributed by atoms with Gasteiger partial charge in [-0.05, 0) is 28.9 Å². The van der Waals surface area contributed by atoms with E-state index in [2.05, 4.69) is 33.2 Å². The average molecular weight is 245 g/mol. The van der Waals surface area contributed by atoms with Crippen LogP contribution < -0.4 is 5.32 Å². The second kappa shape index (κ2) is 5.19. The van der Waals surface area contributed by atoms with Gasteiger partial charge < -0.3 is 10.1 Å². The number of ether oxygens (including phenoxy) is 1. The molecule has 0 amide bonds. The Labute approximate surface area is 86.6 Å². The summed E-state index contributed by atoms with van der Waals surface area (Å²) in [5.74, 6) is 0. The number of hydrogen-bond acceptors (Lipinski definition) is 3. The quantitative estimate of drug-likeness (QED) is 0.883. The summed E-state index contributed by atoms with van der Waals surface area (Å²) in [6.45, 7) is 2.76. The van der Waals surface area contributed by atoms with Crippen molar-refractivity contribution in [3.05, 3.63) is 22.9 Å². The summed E-state index contributed by atoms with van der Waals surface area (Å²) in [6.07, 6.45) is 3.52.